The Labute approximate surface area is 647 Å². The molecule has 0 amide bonds. The van der Waals surface area contributed by atoms with Crippen molar-refractivity contribution in [3.05, 3.63) is 325 Å². The van der Waals surface area contributed by atoms with Crippen LogP contribution in [0.25, 0.3) is 177 Å². The van der Waals surface area contributed by atoms with Gasteiger partial charge in [0.25, 0.3) is 5.69 Å². The van der Waals surface area contributed by atoms with Gasteiger partial charge in [0.2, 0.25) is 0 Å². The number of halogens is 5. The molecule has 0 saturated carbocycles. The van der Waals surface area contributed by atoms with Crippen LogP contribution >= 0.6 is 11.6 Å². The summed E-state index contributed by atoms with van der Waals surface area (Å²) in [6, 6.07) is 62.4. The van der Waals surface area contributed by atoms with Gasteiger partial charge in [0.1, 0.15) is 41.2 Å². The summed E-state index contributed by atoms with van der Waals surface area (Å²) in [6.45, 7) is 0. The summed E-state index contributed by atoms with van der Waals surface area (Å²) in [6.07, 6.45) is 17.7. The second-order valence-electron chi connectivity index (χ2n) is 25.7. The van der Waals surface area contributed by atoms with E-state index in [1.807, 2.05) is 91.0 Å². The van der Waals surface area contributed by atoms with Crippen LogP contribution in [0.15, 0.2) is 291 Å². The molecule has 6 N–H and O–H groups in total. The quantitative estimate of drug-likeness (QED) is 0.0687. The van der Waals surface area contributed by atoms with Crippen molar-refractivity contribution in [2.75, 3.05) is 17.2 Å². The van der Waals surface area contributed by atoms with E-state index in [-0.39, 0.29) is 23.1 Å². The van der Waals surface area contributed by atoms with Crippen LogP contribution in [-0.2, 0) is 0 Å². The van der Waals surface area contributed by atoms with E-state index in [1.165, 1.54) is 48.9 Å². The van der Waals surface area contributed by atoms with Gasteiger partial charge in [-0.15, -0.1) is 0 Å². The molecule has 0 saturated heterocycles. The number of nitrogen functional groups attached to an aromatic ring is 3. The van der Waals surface area contributed by atoms with Crippen LogP contribution in [0.4, 0.5) is 40.7 Å². The van der Waals surface area contributed by atoms with Crippen molar-refractivity contribution in [2.45, 2.75) is 0 Å². The largest absolute Gasteiger partial charge is 0.460 e. The molecule has 548 valence electrons. The van der Waals surface area contributed by atoms with Gasteiger partial charge in [0.15, 0.2) is 34.0 Å². The van der Waals surface area contributed by atoms with Gasteiger partial charge in [-0.3, -0.25) is 20.1 Å². The van der Waals surface area contributed by atoms with E-state index < -0.39 is 10.7 Å². The predicted molar refractivity (Wildman–Crippen MR) is 435 cm³/mol. The van der Waals surface area contributed by atoms with Gasteiger partial charge in [-0.2, -0.15) is 0 Å². The Morgan fingerprint density at radius 3 is 1.36 bits per heavy atom. The molecule has 0 atom stereocenters. The Morgan fingerprint density at radius 1 is 0.333 bits per heavy atom. The van der Waals surface area contributed by atoms with E-state index in [0.29, 0.717) is 106 Å². The Kier molecular flexibility index (Phi) is 19.0. The summed E-state index contributed by atoms with van der Waals surface area (Å²) < 4.78 is 63.4. The summed E-state index contributed by atoms with van der Waals surface area (Å²) in [4.78, 5) is 72.1. The standard InChI is InChI=1S/C23H13FN4O2.2C22H14FN5.C21H12ClFN4O/c24-20-6-2-1-4-17(20)21-12-18(16-5-3-10-26-23(16)27-21)14-7-8-22(28(29)30)19-13-25-11-9-15(14)19;23-18-9-2-1-5-15(18)19-11-17(14-8-4-10-25-22(14)28-19)13-6-3-7-16-20(13)26-12-27-21(16)24;23-18-6-2-1-4-16(18)19-12-17(15-5-3-9-27-22(15)28-19)20-13-7-11-26-21(24)14(13)8-10-25-20;22-11-3-4-17(23)15(8-11)18-9-14(13-2-1-6-26-21(13)27-18)16-10-28-19-12(16)5-7-25-20(19)24/h1-13H;1-12H,(H2,24,26,27);1-12H,(H2,24,26);1-10H,(H2,24,25). The van der Waals surface area contributed by atoms with Gasteiger partial charge in [0, 0.05) is 149 Å². The first-order chi connectivity index (χ1) is 55.7. The minimum absolute atomic E-state index is 0.0207. The molecule has 0 aliphatic rings. The molecule has 0 aliphatic heterocycles. The second kappa shape index (κ2) is 30.4. The number of para-hydroxylation sites is 1. The summed E-state index contributed by atoms with van der Waals surface area (Å²) in [5.74, 6) is -0.310. The zero-order valence-electron chi connectivity index (χ0n) is 59.2. The van der Waals surface area contributed by atoms with Crippen molar-refractivity contribution in [1.82, 2.24) is 69.8 Å². The summed E-state index contributed by atoms with van der Waals surface area (Å²) in [5, 5.41) is 19.5. The van der Waals surface area contributed by atoms with Crippen LogP contribution in [0.1, 0.15) is 0 Å². The van der Waals surface area contributed by atoms with E-state index in [4.69, 9.17) is 33.2 Å². The van der Waals surface area contributed by atoms with E-state index in [9.17, 15) is 27.7 Å². The van der Waals surface area contributed by atoms with E-state index in [2.05, 4.69) is 69.8 Å². The fourth-order valence-electron chi connectivity index (χ4n) is 13.8. The van der Waals surface area contributed by atoms with Crippen LogP contribution < -0.4 is 17.2 Å². The maximum atomic E-state index is 14.5. The maximum Gasteiger partial charge on any atom is 0.278 e. The van der Waals surface area contributed by atoms with E-state index in [1.54, 1.807) is 147 Å². The highest BCUT2D eigenvalue weighted by atomic mass is 35.5. The SMILES string of the molecule is Nc1nccc2c(-c3cc(-c4cc(Cl)ccc4F)nc4ncccc34)coc12.Nc1nccc2c(-c3cc(-c4ccccc4F)nc4ncccc34)nccc12.Nc1ncnc2c(-c3cc(-c4ccccc4F)nc4ncccc34)cccc12.O=[N+]([O-])c1ccc(-c2cc(-c3ccccc3F)nc3ncccc23)c2ccncc12. The lowest BCUT2D eigenvalue weighted by Gasteiger charge is -2.12. The highest BCUT2D eigenvalue weighted by Gasteiger charge is 2.23. The first-order valence-corrected chi connectivity index (χ1v) is 35.4. The average molecular weight is 1520 g/mol. The van der Waals surface area contributed by atoms with Crippen molar-refractivity contribution in [3.63, 3.8) is 0 Å². The predicted octanol–water partition coefficient (Wildman–Crippen LogP) is 20.3. The number of nitrogens with zero attached hydrogens (tertiary/aromatic N) is 15. The van der Waals surface area contributed by atoms with Gasteiger partial charge >= 0.3 is 0 Å². The van der Waals surface area contributed by atoms with Gasteiger partial charge in [-0.1, -0.05) is 60.1 Å². The molecule has 14 aromatic heterocycles. The monoisotopic (exact) mass is 1520 g/mol. The van der Waals surface area contributed by atoms with Crippen LogP contribution in [0, 0.1) is 33.4 Å². The molecule has 20 rings (SSSR count). The minimum atomic E-state index is -0.426. The molecule has 0 radical (unpaired) electrons. The van der Waals surface area contributed by atoms with Crippen molar-refractivity contribution in [3.8, 4) is 89.7 Å². The first-order valence-electron chi connectivity index (χ1n) is 35.1. The molecule has 21 nitrogen and oxygen atoms in total. The molecule has 26 heteroatoms. The van der Waals surface area contributed by atoms with Crippen LogP contribution in [0.3, 0.4) is 0 Å². The zero-order valence-corrected chi connectivity index (χ0v) is 59.9. The normalized spacial score (nSPS) is 11.2. The number of non-ortho nitro benzene ring substituents is 1. The Balaban J connectivity index is 0.000000110. The number of furan rings is 1. The fourth-order valence-corrected chi connectivity index (χ4v) is 13.9. The zero-order chi connectivity index (χ0) is 78.1. The van der Waals surface area contributed by atoms with E-state index >= 15 is 0 Å². The average Bonchev–Trinajstić information content (AvgIpc) is 1.29. The molecule has 0 unspecified atom stereocenters. The van der Waals surface area contributed by atoms with Crippen molar-refractivity contribution >= 4 is 122 Å². The number of anilines is 3. The number of nitro benzene ring substituents is 1. The molecule has 20 aromatic rings. The van der Waals surface area contributed by atoms with Crippen LogP contribution in [0.5, 0.6) is 0 Å². The Bertz CT molecular complexity index is 7020. The number of hydrogen-bond donors (Lipinski definition) is 3. The molecule has 0 bridgehead atoms. The lowest BCUT2D eigenvalue weighted by molar-refractivity contribution is -0.383. The van der Waals surface area contributed by atoms with Crippen LogP contribution in [0.2, 0.25) is 5.02 Å². The number of pyridine rings is 12. The smallest absolute Gasteiger partial charge is 0.278 e. The number of rotatable bonds is 9. The highest BCUT2D eigenvalue weighted by Crippen LogP contribution is 2.43. The Morgan fingerprint density at radius 2 is 0.789 bits per heavy atom. The van der Waals surface area contributed by atoms with Gasteiger partial charge in [-0.05, 0) is 191 Å². The third-order valence-corrected chi connectivity index (χ3v) is 19.3. The summed E-state index contributed by atoms with van der Waals surface area (Å²) in [7, 11) is 0. The number of nitrogens with two attached hydrogens (primary N) is 3. The van der Waals surface area contributed by atoms with Gasteiger partial charge in [-0.25, -0.2) is 77.4 Å². The first kappa shape index (κ1) is 71.3. The number of hydrogen-bond acceptors (Lipinski definition) is 20. The summed E-state index contributed by atoms with van der Waals surface area (Å²) >= 11 is 6.07. The number of benzene rings is 6. The van der Waals surface area contributed by atoms with Crippen molar-refractivity contribution in [2.24, 2.45) is 0 Å². The van der Waals surface area contributed by atoms with Crippen molar-refractivity contribution < 1.29 is 26.9 Å². The molecular weight excluding hydrogens is 1470 g/mol. The minimum Gasteiger partial charge on any atom is -0.460 e. The third-order valence-electron chi connectivity index (χ3n) is 19.0. The molecule has 14 heterocycles. The highest BCUT2D eigenvalue weighted by molar-refractivity contribution is 6.31. The lowest BCUT2D eigenvalue weighted by Crippen LogP contribution is -1.97. The van der Waals surface area contributed by atoms with Gasteiger partial charge < -0.3 is 21.6 Å². The molecule has 6 aromatic carbocycles. The second-order valence-corrected chi connectivity index (χ2v) is 26.2. The fraction of sp³-hybridized carbons (Fsp3) is 0. The van der Waals surface area contributed by atoms with E-state index in [0.717, 1.165) is 93.2 Å². The topological polar surface area (TPSA) is 315 Å². The third kappa shape index (κ3) is 13.7. The maximum absolute atomic E-state index is 14.5. The molecule has 0 spiro atoms. The lowest BCUT2D eigenvalue weighted by atomic mass is 9.95. The molecule has 0 aliphatic carbocycles. The number of aromatic nitrogens is 14. The molecule has 0 fully saturated rings. The Hall–Kier alpha value is -15.6. The summed E-state index contributed by atoms with van der Waals surface area (Å²) in [5.41, 5.74) is 31.0. The van der Waals surface area contributed by atoms with Gasteiger partial charge in [0.05, 0.1) is 50.6 Å². The number of nitro groups is 1. The molecule has 114 heavy (non-hydrogen) atoms. The van der Waals surface area contributed by atoms with Crippen LogP contribution in [-0.4, -0.2) is 74.7 Å². The van der Waals surface area contributed by atoms with Crippen molar-refractivity contribution in [1.29, 1.82) is 0 Å². The number of fused-ring (bicyclic) bond motifs is 8. The molecular formula is C88H53ClF4N18O3.